The fourth-order valence-electron chi connectivity index (χ4n) is 2.09. The summed E-state index contributed by atoms with van der Waals surface area (Å²) in [4.78, 5) is 12.4. The molecule has 6 heteroatoms. The summed E-state index contributed by atoms with van der Waals surface area (Å²) in [6.07, 6.45) is 2.11. The van der Waals surface area contributed by atoms with Crippen molar-refractivity contribution in [2.75, 3.05) is 11.1 Å². The van der Waals surface area contributed by atoms with E-state index in [9.17, 15) is 9.18 Å². The molecule has 3 N–H and O–H groups in total. The monoisotopic (exact) mass is 329 g/mol. The van der Waals surface area contributed by atoms with Crippen LogP contribution in [-0.2, 0) is 6.42 Å². The normalized spacial score (nSPS) is 9.96. The third-order valence-electron chi connectivity index (χ3n) is 3.13. The van der Waals surface area contributed by atoms with E-state index in [1.54, 1.807) is 12.1 Å². The van der Waals surface area contributed by atoms with Crippen LogP contribution in [0.2, 0.25) is 5.02 Å². The van der Waals surface area contributed by atoms with Gasteiger partial charge in [-0.2, -0.15) is 5.26 Å². The maximum absolute atomic E-state index is 13.1. The van der Waals surface area contributed by atoms with Crippen molar-refractivity contribution in [1.82, 2.24) is 0 Å². The minimum absolute atomic E-state index is 0.0182. The number of nitrogen functional groups attached to an aromatic ring is 1. The van der Waals surface area contributed by atoms with Crippen LogP contribution in [0.15, 0.2) is 43.0 Å². The molecule has 0 aromatic heterocycles. The molecule has 0 aliphatic heterocycles. The number of rotatable bonds is 4. The highest BCUT2D eigenvalue weighted by atomic mass is 35.5. The molecule has 0 fully saturated rings. The van der Waals surface area contributed by atoms with Crippen LogP contribution >= 0.6 is 11.6 Å². The zero-order valence-corrected chi connectivity index (χ0v) is 12.8. The predicted octanol–water partition coefficient (Wildman–Crippen LogP) is 3.91. The molecule has 2 aromatic rings. The summed E-state index contributed by atoms with van der Waals surface area (Å²) in [6, 6.07) is 8.45. The van der Waals surface area contributed by atoms with E-state index in [1.807, 2.05) is 6.07 Å². The van der Waals surface area contributed by atoms with Gasteiger partial charge in [-0.15, -0.1) is 6.58 Å². The molecule has 0 aliphatic carbocycles. The average molecular weight is 330 g/mol. The Morgan fingerprint density at radius 2 is 2.17 bits per heavy atom. The topological polar surface area (TPSA) is 78.9 Å². The number of halogens is 2. The zero-order chi connectivity index (χ0) is 17.0. The molecule has 0 aliphatic rings. The van der Waals surface area contributed by atoms with Gasteiger partial charge in [-0.05, 0) is 42.3 Å². The molecule has 0 atom stereocenters. The third-order valence-corrected chi connectivity index (χ3v) is 3.58. The van der Waals surface area contributed by atoms with Crippen LogP contribution in [0.25, 0.3) is 0 Å². The van der Waals surface area contributed by atoms with Gasteiger partial charge in [0.25, 0.3) is 5.91 Å². The first kappa shape index (κ1) is 16.5. The Morgan fingerprint density at radius 3 is 2.83 bits per heavy atom. The molecule has 23 heavy (non-hydrogen) atoms. The first-order chi connectivity index (χ1) is 11.0. The largest absolute Gasteiger partial charge is 0.399 e. The average Bonchev–Trinajstić information content (AvgIpc) is 2.52. The van der Waals surface area contributed by atoms with E-state index in [-0.39, 0.29) is 21.8 Å². The molecule has 0 saturated carbocycles. The van der Waals surface area contributed by atoms with Crippen molar-refractivity contribution in [2.24, 2.45) is 0 Å². The van der Waals surface area contributed by atoms with E-state index < -0.39 is 11.7 Å². The van der Waals surface area contributed by atoms with Gasteiger partial charge in [0.2, 0.25) is 0 Å². The molecule has 0 spiro atoms. The van der Waals surface area contributed by atoms with Gasteiger partial charge in [0.15, 0.2) is 0 Å². The number of anilines is 2. The number of nitrogens with two attached hydrogens (primary N) is 1. The highest BCUT2D eigenvalue weighted by Crippen LogP contribution is 2.27. The Labute approximate surface area is 138 Å². The second kappa shape index (κ2) is 6.95. The number of carbonyl (C=O) groups is 1. The lowest BCUT2D eigenvalue weighted by Crippen LogP contribution is -2.14. The molecule has 2 aromatic carbocycles. The van der Waals surface area contributed by atoms with E-state index >= 15 is 0 Å². The molecular weight excluding hydrogens is 317 g/mol. The van der Waals surface area contributed by atoms with Crippen LogP contribution in [0.4, 0.5) is 15.8 Å². The quantitative estimate of drug-likeness (QED) is 0.659. The van der Waals surface area contributed by atoms with Crippen LogP contribution in [0.5, 0.6) is 0 Å². The number of nitrogens with zero attached hydrogens (tertiary/aromatic N) is 1. The van der Waals surface area contributed by atoms with Crippen molar-refractivity contribution in [3.63, 3.8) is 0 Å². The number of carbonyl (C=O) groups excluding carboxylic acids is 1. The van der Waals surface area contributed by atoms with Crippen molar-refractivity contribution >= 4 is 28.9 Å². The van der Waals surface area contributed by atoms with E-state index in [0.29, 0.717) is 17.7 Å². The number of benzene rings is 2. The maximum Gasteiger partial charge on any atom is 0.257 e. The second-order valence-corrected chi connectivity index (χ2v) is 5.17. The summed E-state index contributed by atoms with van der Waals surface area (Å²) in [5.74, 6) is -1.09. The lowest BCUT2D eigenvalue weighted by atomic mass is 10.1. The summed E-state index contributed by atoms with van der Waals surface area (Å²) in [7, 11) is 0. The van der Waals surface area contributed by atoms with E-state index in [2.05, 4.69) is 11.9 Å². The van der Waals surface area contributed by atoms with Gasteiger partial charge >= 0.3 is 0 Å². The maximum atomic E-state index is 13.1. The summed E-state index contributed by atoms with van der Waals surface area (Å²) in [6.45, 7) is 3.63. The molecule has 2 rings (SSSR count). The number of hydrogen-bond acceptors (Lipinski definition) is 3. The predicted molar refractivity (Wildman–Crippen MR) is 88.8 cm³/mol. The molecule has 0 saturated heterocycles. The SMILES string of the molecule is C=CCc1cc(N)cc(C(=O)Nc2ccc(F)cc2C#N)c1Cl. The third kappa shape index (κ3) is 3.68. The van der Waals surface area contributed by atoms with Crippen molar-refractivity contribution in [2.45, 2.75) is 6.42 Å². The second-order valence-electron chi connectivity index (χ2n) is 4.79. The standard InChI is InChI=1S/C17H13ClFN3O/c1-2-3-10-7-13(21)8-14(16(10)18)17(23)22-15-5-4-12(19)6-11(15)9-20/h2,4-8H,1,3,21H2,(H,22,23). The van der Waals surface area contributed by atoms with Crippen molar-refractivity contribution in [3.05, 3.63) is 70.5 Å². The Hall–Kier alpha value is -2.84. The van der Waals surface area contributed by atoms with Crippen LogP contribution < -0.4 is 11.1 Å². The van der Waals surface area contributed by atoms with Crippen LogP contribution in [0, 0.1) is 17.1 Å². The van der Waals surface area contributed by atoms with Crippen molar-refractivity contribution < 1.29 is 9.18 Å². The molecule has 1 amide bonds. The molecule has 0 heterocycles. The van der Waals surface area contributed by atoms with Gasteiger partial charge in [0.05, 0.1) is 21.8 Å². The van der Waals surface area contributed by atoms with Crippen molar-refractivity contribution in [1.29, 1.82) is 5.26 Å². The number of allylic oxidation sites excluding steroid dienone is 1. The Bertz CT molecular complexity index is 827. The van der Waals surface area contributed by atoms with E-state index in [1.165, 1.54) is 12.1 Å². The highest BCUT2D eigenvalue weighted by molar-refractivity contribution is 6.35. The van der Waals surface area contributed by atoms with Crippen LogP contribution in [0.1, 0.15) is 21.5 Å². The number of nitrogens with one attached hydrogen (secondary N) is 1. The lowest BCUT2D eigenvalue weighted by Gasteiger charge is -2.12. The van der Waals surface area contributed by atoms with Gasteiger partial charge in [-0.25, -0.2) is 4.39 Å². The fraction of sp³-hybridized carbons (Fsp3) is 0.0588. The lowest BCUT2D eigenvalue weighted by molar-refractivity contribution is 0.102. The van der Waals surface area contributed by atoms with Gasteiger partial charge in [0, 0.05) is 5.69 Å². The first-order valence-electron chi connectivity index (χ1n) is 6.66. The minimum Gasteiger partial charge on any atom is -0.399 e. The van der Waals surface area contributed by atoms with Crippen LogP contribution in [0.3, 0.4) is 0 Å². The van der Waals surface area contributed by atoms with Gasteiger partial charge in [-0.3, -0.25) is 4.79 Å². The minimum atomic E-state index is -0.560. The van der Waals surface area contributed by atoms with Crippen molar-refractivity contribution in [3.8, 4) is 6.07 Å². The van der Waals surface area contributed by atoms with E-state index in [0.717, 1.165) is 12.1 Å². The zero-order valence-electron chi connectivity index (χ0n) is 12.1. The molecule has 0 unspecified atom stereocenters. The smallest absolute Gasteiger partial charge is 0.257 e. The Balaban J connectivity index is 2.39. The van der Waals surface area contributed by atoms with Gasteiger partial charge in [0.1, 0.15) is 11.9 Å². The van der Waals surface area contributed by atoms with E-state index in [4.69, 9.17) is 22.6 Å². The highest BCUT2D eigenvalue weighted by Gasteiger charge is 2.16. The van der Waals surface area contributed by atoms with Gasteiger partial charge < -0.3 is 11.1 Å². The molecule has 0 bridgehead atoms. The summed E-state index contributed by atoms with van der Waals surface area (Å²) in [5.41, 5.74) is 7.24. The van der Waals surface area contributed by atoms with Gasteiger partial charge in [-0.1, -0.05) is 17.7 Å². The summed E-state index contributed by atoms with van der Waals surface area (Å²) < 4.78 is 13.1. The molecule has 116 valence electrons. The van der Waals surface area contributed by atoms with Crippen LogP contribution in [-0.4, -0.2) is 5.91 Å². The fourth-order valence-corrected chi connectivity index (χ4v) is 2.36. The number of hydrogen-bond donors (Lipinski definition) is 2. The summed E-state index contributed by atoms with van der Waals surface area (Å²) in [5, 5.41) is 11.8. The number of amides is 1. The Morgan fingerprint density at radius 1 is 1.43 bits per heavy atom. The first-order valence-corrected chi connectivity index (χ1v) is 7.04. The summed E-state index contributed by atoms with van der Waals surface area (Å²) >= 11 is 6.23. The molecular formula is C17H13ClFN3O. The molecule has 0 radical (unpaired) electrons. The number of nitriles is 1. The Kier molecular flexibility index (Phi) is 4.99. The molecule has 4 nitrogen and oxygen atoms in total.